The maximum absolute atomic E-state index is 13.9. The van der Waals surface area contributed by atoms with Crippen LogP contribution in [0, 0.1) is 18.7 Å². The summed E-state index contributed by atoms with van der Waals surface area (Å²) >= 11 is 0. The van der Waals surface area contributed by atoms with Crippen molar-refractivity contribution in [1.29, 1.82) is 0 Å². The highest BCUT2D eigenvalue weighted by Gasteiger charge is 2.28. The van der Waals surface area contributed by atoms with Gasteiger partial charge in [-0.1, -0.05) is 32.0 Å². The number of nitrogens with one attached hydrogen (secondary N) is 2. The fourth-order valence-electron chi connectivity index (χ4n) is 2.94. The van der Waals surface area contributed by atoms with Crippen LogP contribution in [0.1, 0.15) is 29.8 Å². The molecule has 0 fully saturated rings. The highest BCUT2D eigenvalue weighted by atomic mass is 32.2. The number of hydrogen-bond donors (Lipinski definition) is 2. The van der Waals surface area contributed by atoms with Crippen LogP contribution in [0.15, 0.2) is 47.4 Å². The van der Waals surface area contributed by atoms with Gasteiger partial charge in [-0.3, -0.25) is 9.59 Å². The Balaban J connectivity index is 2.04. The first-order chi connectivity index (χ1) is 15.8. The van der Waals surface area contributed by atoms with Crippen LogP contribution in [0.4, 0.5) is 10.1 Å². The fraction of sp³-hybridized carbons (Fsp3) is 0.348. The fourth-order valence-corrected chi connectivity index (χ4v) is 4.08. The molecule has 2 aromatic rings. The van der Waals surface area contributed by atoms with Gasteiger partial charge in [0.15, 0.2) is 6.61 Å². The van der Waals surface area contributed by atoms with E-state index in [2.05, 4.69) is 10.6 Å². The smallest absolute Gasteiger partial charge is 0.329 e. The second kappa shape index (κ2) is 11.2. The van der Waals surface area contributed by atoms with Crippen molar-refractivity contribution in [1.82, 2.24) is 9.62 Å². The number of aryl methyl sites for hydroxylation is 1. The minimum Gasteiger partial charge on any atom is -0.454 e. The lowest BCUT2D eigenvalue weighted by Crippen LogP contribution is -2.46. The summed E-state index contributed by atoms with van der Waals surface area (Å²) < 4.78 is 44.8. The van der Waals surface area contributed by atoms with Crippen molar-refractivity contribution in [2.45, 2.75) is 31.7 Å². The van der Waals surface area contributed by atoms with E-state index in [-0.39, 0.29) is 16.1 Å². The van der Waals surface area contributed by atoms with E-state index in [1.807, 2.05) is 0 Å². The number of carbonyl (C=O) groups is 3. The average molecular weight is 494 g/mol. The van der Waals surface area contributed by atoms with Crippen molar-refractivity contribution in [3.05, 3.63) is 59.4 Å². The van der Waals surface area contributed by atoms with Crippen molar-refractivity contribution >= 4 is 33.5 Å². The summed E-state index contributed by atoms with van der Waals surface area (Å²) in [6.45, 7) is 4.28. The van der Waals surface area contributed by atoms with Gasteiger partial charge in [-0.15, -0.1) is 0 Å². The number of halogens is 1. The predicted molar refractivity (Wildman–Crippen MR) is 124 cm³/mol. The van der Waals surface area contributed by atoms with Gasteiger partial charge < -0.3 is 15.4 Å². The third-order valence-electron chi connectivity index (χ3n) is 4.90. The van der Waals surface area contributed by atoms with Crippen LogP contribution < -0.4 is 10.6 Å². The van der Waals surface area contributed by atoms with Gasteiger partial charge in [0.05, 0.1) is 10.5 Å². The van der Waals surface area contributed by atoms with Crippen LogP contribution >= 0.6 is 0 Å². The summed E-state index contributed by atoms with van der Waals surface area (Å²) in [5.74, 6) is -3.48. The Kier molecular flexibility index (Phi) is 8.88. The van der Waals surface area contributed by atoms with E-state index in [1.165, 1.54) is 44.4 Å². The molecule has 2 rings (SSSR count). The van der Waals surface area contributed by atoms with Crippen LogP contribution in [0.25, 0.3) is 0 Å². The first-order valence-corrected chi connectivity index (χ1v) is 11.8. The molecule has 0 bridgehead atoms. The van der Waals surface area contributed by atoms with Crippen molar-refractivity contribution < 1.29 is 31.9 Å². The molecule has 11 heteroatoms. The molecule has 0 spiro atoms. The third-order valence-corrected chi connectivity index (χ3v) is 6.86. The third kappa shape index (κ3) is 6.61. The predicted octanol–water partition coefficient (Wildman–Crippen LogP) is 2.32. The van der Waals surface area contributed by atoms with E-state index in [9.17, 15) is 27.2 Å². The van der Waals surface area contributed by atoms with E-state index in [0.717, 1.165) is 10.4 Å². The number of hydrogen-bond acceptors (Lipinski definition) is 6. The molecule has 0 unspecified atom stereocenters. The minimum absolute atomic E-state index is 0.0306. The lowest BCUT2D eigenvalue weighted by Gasteiger charge is -2.21. The molecule has 0 aromatic heterocycles. The Morgan fingerprint density at radius 2 is 1.74 bits per heavy atom. The van der Waals surface area contributed by atoms with Gasteiger partial charge in [0.25, 0.3) is 11.8 Å². The normalized spacial score (nSPS) is 12.4. The molecule has 0 saturated heterocycles. The summed E-state index contributed by atoms with van der Waals surface area (Å²) in [6, 6.07) is 8.61. The maximum Gasteiger partial charge on any atom is 0.329 e. The number of rotatable bonds is 9. The van der Waals surface area contributed by atoms with Crippen LogP contribution in [0.5, 0.6) is 0 Å². The first-order valence-electron chi connectivity index (χ1n) is 10.4. The summed E-state index contributed by atoms with van der Waals surface area (Å²) in [6.07, 6.45) is 0. The summed E-state index contributed by atoms with van der Waals surface area (Å²) in [5.41, 5.74) is 0.491. The molecule has 1 atom stereocenters. The quantitative estimate of drug-likeness (QED) is 0.517. The van der Waals surface area contributed by atoms with Gasteiger partial charge in [0, 0.05) is 19.8 Å². The zero-order valence-electron chi connectivity index (χ0n) is 19.6. The first kappa shape index (κ1) is 26.9. The molecule has 184 valence electrons. The highest BCUT2D eigenvalue weighted by Crippen LogP contribution is 2.22. The van der Waals surface area contributed by atoms with Gasteiger partial charge in [-0.2, -0.15) is 0 Å². The molecular formula is C23H28FN3O6S. The standard InChI is InChI=1S/C23H28FN3O6S/c1-14(2)21(26-22(29)17-8-6-7-9-18(17)24)23(30)33-13-20(28)25-16-11-10-15(3)19(12-16)34(31,32)27(4)5/h6-12,14,21H,13H2,1-5H3,(H,25,28)(H,26,29)/t21-/m0/s1. The molecule has 0 aliphatic carbocycles. The van der Waals surface area contributed by atoms with Crippen LogP contribution in [-0.2, 0) is 24.3 Å². The molecule has 2 amide bonds. The number of amides is 2. The van der Waals surface area contributed by atoms with Crippen molar-refractivity contribution in [3.63, 3.8) is 0 Å². The number of ether oxygens (including phenoxy) is 1. The van der Waals surface area contributed by atoms with Gasteiger partial charge in [-0.25, -0.2) is 21.9 Å². The largest absolute Gasteiger partial charge is 0.454 e. The molecule has 2 N–H and O–H groups in total. The molecule has 9 nitrogen and oxygen atoms in total. The topological polar surface area (TPSA) is 122 Å². The van der Waals surface area contributed by atoms with Gasteiger partial charge >= 0.3 is 5.97 Å². The second-order valence-corrected chi connectivity index (χ2v) is 10.2. The van der Waals surface area contributed by atoms with E-state index in [4.69, 9.17) is 4.74 Å². The lowest BCUT2D eigenvalue weighted by atomic mass is 10.0. The van der Waals surface area contributed by atoms with Crippen molar-refractivity contribution in [2.24, 2.45) is 5.92 Å². The summed E-state index contributed by atoms with van der Waals surface area (Å²) in [7, 11) is -0.923. The molecule has 0 aliphatic heterocycles. The molecular weight excluding hydrogens is 465 g/mol. The molecule has 0 heterocycles. The van der Waals surface area contributed by atoms with Crippen molar-refractivity contribution in [3.8, 4) is 0 Å². The summed E-state index contributed by atoms with van der Waals surface area (Å²) in [5, 5.41) is 4.91. The molecule has 2 aromatic carbocycles. The van der Waals surface area contributed by atoms with E-state index < -0.39 is 52.2 Å². The van der Waals surface area contributed by atoms with Gasteiger partial charge in [-0.05, 0) is 42.7 Å². The van der Waals surface area contributed by atoms with Crippen molar-refractivity contribution in [2.75, 3.05) is 26.0 Å². The number of nitrogens with zero attached hydrogens (tertiary/aromatic N) is 1. The van der Waals surface area contributed by atoms with Crippen LogP contribution in [0.3, 0.4) is 0 Å². The molecule has 0 aliphatic rings. The molecule has 34 heavy (non-hydrogen) atoms. The zero-order valence-corrected chi connectivity index (χ0v) is 20.4. The SMILES string of the molecule is Cc1ccc(NC(=O)COC(=O)[C@@H](NC(=O)c2ccccc2F)C(C)C)cc1S(=O)(=O)N(C)C. The number of carbonyl (C=O) groups excluding carboxylic acids is 3. The minimum atomic E-state index is -3.72. The number of sulfonamides is 1. The Morgan fingerprint density at radius 1 is 1.09 bits per heavy atom. The van der Waals surface area contributed by atoms with Gasteiger partial charge in [0.1, 0.15) is 11.9 Å². The van der Waals surface area contributed by atoms with E-state index in [0.29, 0.717) is 5.56 Å². The maximum atomic E-state index is 13.9. The van der Waals surface area contributed by atoms with Crippen LogP contribution in [-0.4, -0.2) is 57.3 Å². The zero-order chi connectivity index (χ0) is 25.6. The van der Waals surface area contributed by atoms with E-state index in [1.54, 1.807) is 26.8 Å². The lowest BCUT2D eigenvalue weighted by molar-refractivity contribution is -0.150. The van der Waals surface area contributed by atoms with E-state index >= 15 is 0 Å². The Labute approximate surface area is 198 Å². The highest BCUT2D eigenvalue weighted by molar-refractivity contribution is 7.89. The monoisotopic (exact) mass is 493 g/mol. The molecule has 0 radical (unpaired) electrons. The van der Waals surface area contributed by atoms with Gasteiger partial charge in [0.2, 0.25) is 10.0 Å². The summed E-state index contributed by atoms with van der Waals surface area (Å²) in [4.78, 5) is 37.2. The molecule has 0 saturated carbocycles. The average Bonchev–Trinajstić information content (AvgIpc) is 2.76. The Morgan fingerprint density at radius 3 is 2.32 bits per heavy atom. The Bertz CT molecular complexity index is 1180. The van der Waals surface area contributed by atoms with Crippen LogP contribution in [0.2, 0.25) is 0 Å². The Hall–Kier alpha value is -3.31. The second-order valence-electron chi connectivity index (χ2n) is 8.10. The number of esters is 1. The number of anilines is 1. The number of benzene rings is 2.